The molecule has 0 heterocycles. The molecule has 0 bridgehead atoms. The van der Waals surface area contributed by atoms with Crippen LogP contribution in [-0.2, 0) is 32.7 Å². The Morgan fingerprint density at radius 1 is 1.67 bits per heavy atom. The maximum absolute atomic E-state index is 4.85. The van der Waals surface area contributed by atoms with Crippen LogP contribution in [0.1, 0.15) is 6.92 Å². The zero-order chi connectivity index (χ0) is 5.70. The molecule has 9 heavy (non-hydrogen) atoms. The Bertz CT molecular complexity index is 112. The van der Waals surface area contributed by atoms with Crippen molar-refractivity contribution in [1.82, 2.24) is 0 Å². The second-order valence-corrected chi connectivity index (χ2v) is 1.10. The van der Waals surface area contributed by atoms with Crippen LogP contribution in [-0.4, -0.2) is 8.41 Å². The predicted molar refractivity (Wildman–Crippen MR) is 34.3 cm³/mol. The minimum atomic E-state index is 0. The van der Waals surface area contributed by atoms with Crippen LogP contribution in [0.15, 0.2) is 28.7 Å². The molecule has 0 aromatic carbocycles. The van der Waals surface area contributed by atoms with Crippen molar-refractivity contribution >= 4 is 8.41 Å². The smallest absolute Gasteiger partial charge is 0.0526 e. The van der Waals surface area contributed by atoms with Crippen LogP contribution in [0.3, 0.4) is 0 Å². The van der Waals surface area contributed by atoms with Gasteiger partial charge in [-0.1, -0.05) is 6.58 Å². The zero-order valence-electron chi connectivity index (χ0n) is 5.41. The van der Waals surface area contributed by atoms with Crippen LogP contribution in [0.2, 0.25) is 0 Å². The largest absolute Gasteiger partial charge is 0.493 e. The summed E-state index contributed by atoms with van der Waals surface area (Å²) < 4.78 is 0. The molecule has 0 saturated heterocycles. The molecular formula is C5H7BN2Y-. The monoisotopic (exact) mass is 195 g/mol. The summed E-state index contributed by atoms with van der Waals surface area (Å²) in [4.78, 5) is 0. The molecule has 4 heteroatoms. The van der Waals surface area contributed by atoms with Gasteiger partial charge >= 0.3 is 0 Å². The molecule has 0 spiro atoms. The van der Waals surface area contributed by atoms with Crippen LogP contribution in [0.25, 0.3) is 0 Å². The van der Waals surface area contributed by atoms with E-state index in [1.807, 2.05) is 0 Å². The fourth-order valence-electron chi connectivity index (χ4n) is 0.132. The van der Waals surface area contributed by atoms with Gasteiger partial charge in [0.25, 0.3) is 0 Å². The molecule has 0 fully saturated rings. The Kier molecular flexibility index (Phi) is 19.9. The molecule has 2 nitrogen and oxygen atoms in total. The van der Waals surface area contributed by atoms with Crippen LogP contribution in [0.4, 0.5) is 0 Å². The van der Waals surface area contributed by atoms with Crippen LogP contribution < -0.4 is 0 Å². The van der Waals surface area contributed by atoms with Gasteiger partial charge in [0.15, 0.2) is 0 Å². The van der Waals surface area contributed by atoms with E-state index < -0.39 is 0 Å². The first-order valence-corrected chi connectivity index (χ1v) is 1.87. The molecule has 0 aliphatic rings. The third kappa shape index (κ3) is 17.8. The Morgan fingerprint density at radius 2 is 2.11 bits per heavy atom. The molecule has 44 valence electrons. The number of azo groups is 1. The first-order chi connectivity index (χ1) is 3.27. The minimum absolute atomic E-state index is 0. The molecule has 0 atom stereocenters. The van der Waals surface area contributed by atoms with Crippen LogP contribution in [0, 0.1) is 6.58 Å². The molecule has 0 unspecified atom stereocenters. The van der Waals surface area contributed by atoms with Gasteiger partial charge in [0.1, 0.15) is 0 Å². The van der Waals surface area contributed by atoms with E-state index in [0.29, 0.717) is 5.70 Å². The van der Waals surface area contributed by atoms with E-state index in [4.69, 9.17) is 6.58 Å². The summed E-state index contributed by atoms with van der Waals surface area (Å²) in [5.74, 6) is 0. The van der Waals surface area contributed by atoms with Gasteiger partial charge in [-0.3, -0.25) is 0 Å². The van der Waals surface area contributed by atoms with E-state index in [0.717, 1.165) is 6.20 Å². The fourth-order valence-corrected chi connectivity index (χ4v) is 0.132. The van der Waals surface area contributed by atoms with Crippen molar-refractivity contribution in [1.29, 1.82) is 0 Å². The minimum Gasteiger partial charge on any atom is -0.493 e. The van der Waals surface area contributed by atoms with E-state index in [1.165, 1.54) is 0 Å². The predicted octanol–water partition coefficient (Wildman–Crippen LogP) is 1.54. The van der Waals surface area contributed by atoms with Crippen molar-refractivity contribution in [3.05, 3.63) is 25.1 Å². The number of allylic oxidation sites excluding steroid dienone is 1. The maximum atomic E-state index is 4.85. The van der Waals surface area contributed by atoms with Gasteiger partial charge in [-0.2, -0.15) is 10.2 Å². The average Bonchev–Trinajstić information content (AvgIpc) is 1.61. The molecule has 0 aliphatic carbocycles. The molecule has 0 rings (SSSR count). The number of rotatable bonds is 2. The van der Waals surface area contributed by atoms with Gasteiger partial charge < -0.3 is 6.58 Å². The second-order valence-electron chi connectivity index (χ2n) is 1.10. The first kappa shape index (κ1) is 16.1. The number of hydrogen-bond donors (Lipinski definition) is 0. The summed E-state index contributed by atoms with van der Waals surface area (Å²) in [7, 11) is 0. The second kappa shape index (κ2) is 11.1. The summed E-state index contributed by atoms with van der Waals surface area (Å²) in [6.07, 6.45) is 1.12. The normalized spacial score (nSPS) is 7.22. The molecule has 0 aliphatic heterocycles. The van der Waals surface area contributed by atoms with Crippen molar-refractivity contribution in [2.75, 3.05) is 0 Å². The molecule has 4 radical (unpaired) electrons. The fraction of sp³-hybridized carbons (Fsp3) is 0.200. The SMILES string of the molecule is [B].[CH-]=CN=NC(=C)C.[Y]. The van der Waals surface area contributed by atoms with Gasteiger partial charge in [0, 0.05) is 41.1 Å². The zero-order valence-corrected chi connectivity index (χ0v) is 8.25. The van der Waals surface area contributed by atoms with E-state index in [2.05, 4.69) is 16.8 Å². The quantitative estimate of drug-likeness (QED) is 0.362. The summed E-state index contributed by atoms with van der Waals surface area (Å²) >= 11 is 0. The van der Waals surface area contributed by atoms with Crippen molar-refractivity contribution in [2.45, 2.75) is 6.92 Å². The van der Waals surface area contributed by atoms with Crippen molar-refractivity contribution in [3.8, 4) is 0 Å². The molecule has 0 saturated carbocycles. The number of nitrogens with zero attached hydrogens (tertiary/aromatic N) is 2. The molecule has 0 aromatic heterocycles. The Labute approximate surface area is 83.0 Å². The van der Waals surface area contributed by atoms with Gasteiger partial charge in [-0.25, -0.2) is 0 Å². The van der Waals surface area contributed by atoms with Gasteiger partial charge in [-0.15, -0.1) is 6.20 Å². The third-order valence-electron chi connectivity index (χ3n) is 0.295. The standard InChI is InChI=1S/C5H7N2.B.Y/c1-4-6-7-5(2)3;;/h1,4H,2H2,3H3;;/q-1;;. The maximum Gasteiger partial charge on any atom is 0.0526 e. The van der Waals surface area contributed by atoms with Gasteiger partial charge in [0.05, 0.1) is 5.70 Å². The van der Waals surface area contributed by atoms with Gasteiger partial charge in [0.2, 0.25) is 0 Å². The van der Waals surface area contributed by atoms with Crippen molar-refractivity contribution < 1.29 is 32.7 Å². The first-order valence-electron chi connectivity index (χ1n) is 1.87. The van der Waals surface area contributed by atoms with Crippen LogP contribution >= 0.6 is 0 Å². The summed E-state index contributed by atoms with van der Waals surface area (Å²) in [6.45, 7) is 10.0. The van der Waals surface area contributed by atoms with Crippen molar-refractivity contribution in [3.63, 3.8) is 0 Å². The molecular weight excluding hydrogens is 188 g/mol. The Morgan fingerprint density at radius 3 is 2.22 bits per heavy atom. The Hall–Kier alpha value is 0.249. The van der Waals surface area contributed by atoms with Crippen LogP contribution in [0.5, 0.6) is 0 Å². The summed E-state index contributed by atoms with van der Waals surface area (Å²) in [5.41, 5.74) is 0.654. The molecule has 0 aromatic rings. The summed E-state index contributed by atoms with van der Waals surface area (Å²) in [5, 5.41) is 6.84. The van der Waals surface area contributed by atoms with E-state index in [1.54, 1.807) is 6.92 Å². The van der Waals surface area contributed by atoms with Crippen molar-refractivity contribution in [2.24, 2.45) is 10.2 Å². The van der Waals surface area contributed by atoms with E-state index >= 15 is 0 Å². The molecule has 0 N–H and O–H groups in total. The van der Waals surface area contributed by atoms with Gasteiger partial charge in [-0.05, 0) is 6.92 Å². The number of hydrogen-bond acceptors (Lipinski definition) is 2. The molecule has 0 amide bonds. The third-order valence-corrected chi connectivity index (χ3v) is 0.295. The van der Waals surface area contributed by atoms with E-state index in [-0.39, 0.29) is 41.1 Å². The average molecular weight is 195 g/mol. The Balaban J connectivity index is -0.000000180. The topological polar surface area (TPSA) is 24.7 Å². The van der Waals surface area contributed by atoms with E-state index in [9.17, 15) is 0 Å². The summed E-state index contributed by atoms with van der Waals surface area (Å²) in [6, 6.07) is 0.